The Morgan fingerprint density at radius 2 is 1.86 bits per heavy atom. The number of nitrogens with one attached hydrogen (secondary N) is 1. The minimum Gasteiger partial charge on any atom is -0.507 e. The number of fused-ring (bicyclic) bond motifs is 1. The first-order valence-corrected chi connectivity index (χ1v) is 15.2. The number of hydrogen-bond donors (Lipinski definition) is 2. The fourth-order valence-corrected chi connectivity index (χ4v) is 5.25. The quantitative estimate of drug-likeness (QED) is 0.269. The molecule has 1 amide bonds. The Labute approximate surface area is 257 Å². The number of phenols is 1. The van der Waals surface area contributed by atoms with Crippen molar-refractivity contribution < 1.29 is 14.6 Å². The first-order chi connectivity index (χ1) is 20.7. The van der Waals surface area contributed by atoms with Crippen LogP contribution in [0.1, 0.15) is 54.6 Å². The van der Waals surface area contributed by atoms with Crippen LogP contribution in [0, 0.1) is 0 Å². The highest BCUT2D eigenvalue weighted by atomic mass is 16.5. The first kappa shape index (κ1) is 32.0. The lowest BCUT2D eigenvalue weighted by molar-refractivity contribution is 0.0626. The zero-order valence-corrected chi connectivity index (χ0v) is 26.6. The third kappa shape index (κ3) is 8.58. The molecule has 3 heterocycles. The molecule has 1 saturated heterocycles. The van der Waals surface area contributed by atoms with E-state index in [4.69, 9.17) is 9.72 Å². The number of carbonyl (C=O) groups is 1. The molecule has 4 rings (SSSR count). The molecule has 0 atom stereocenters. The Kier molecular flexibility index (Phi) is 11.2. The zero-order valence-electron chi connectivity index (χ0n) is 26.6. The highest BCUT2D eigenvalue weighted by molar-refractivity contribution is 5.99. The van der Waals surface area contributed by atoms with Gasteiger partial charge in [-0.3, -0.25) is 9.69 Å². The van der Waals surface area contributed by atoms with Crippen molar-refractivity contribution in [2.24, 2.45) is 0 Å². The number of piperazine rings is 1. The number of rotatable bonds is 10. The summed E-state index contributed by atoms with van der Waals surface area (Å²) in [5.74, 6) is 1.74. The van der Waals surface area contributed by atoms with Crippen LogP contribution < -0.4 is 5.32 Å². The van der Waals surface area contributed by atoms with E-state index in [9.17, 15) is 9.90 Å². The van der Waals surface area contributed by atoms with E-state index in [1.54, 1.807) is 7.11 Å². The second-order valence-electron chi connectivity index (χ2n) is 11.9. The first-order valence-electron chi connectivity index (χ1n) is 15.2. The number of carbonyl (C=O) groups excluding carboxylic acids is 1. The average Bonchev–Trinajstić information content (AvgIpc) is 3.21. The number of ether oxygens (including phenoxy) is 1. The topological polar surface area (TPSA) is 81.2 Å². The van der Waals surface area contributed by atoms with Gasteiger partial charge in [0, 0.05) is 57.2 Å². The summed E-state index contributed by atoms with van der Waals surface area (Å²) in [5.41, 5.74) is 5.27. The average molecular weight is 586 g/mol. The van der Waals surface area contributed by atoms with Gasteiger partial charge in [-0.25, -0.2) is 4.98 Å². The van der Waals surface area contributed by atoms with Crippen LogP contribution in [0.15, 0.2) is 72.3 Å². The van der Waals surface area contributed by atoms with Gasteiger partial charge >= 0.3 is 0 Å². The van der Waals surface area contributed by atoms with Gasteiger partial charge in [-0.05, 0) is 86.3 Å². The van der Waals surface area contributed by atoms with Crippen molar-refractivity contribution in [2.45, 2.75) is 39.5 Å². The number of aromatic hydroxyl groups is 1. The number of nitrogens with zero attached hydrogens (tertiary/aromatic N) is 4. The van der Waals surface area contributed by atoms with Crippen LogP contribution in [0.3, 0.4) is 0 Å². The Balaban J connectivity index is 1.51. The van der Waals surface area contributed by atoms with Gasteiger partial charge in [0.25, 0.3) is 5.91 Å². The number of likely N-dealkylation sites (N-methyl/N-ethyl adjacent to an activating group) is 1. The number of aromatic nitrogens is 1. The number of pyridine rings is 1. The molecule has 0 spiro atoms. The number of amides is 1. The molecule has 0 bridgehead atoms. The summed E-state index contributed by atoms with van der Waals surface area (Å²) >= 11 is 0. The minimum absolute atomic E-state index is 0.0614. The molecule has 2 N–H and O–H groups in total. The minimum atomic E-state index is -0.111. The van der Waals surface area contributed by atoms with Crippen LogP contribution in [-0.4, -0.2) is 91.2 Å². The number of phenolic OH excluding ortho intramolecular Hbond substituents is 1. The maximum absolute atomic E-state index is 13.7. The van der Waals surface area contributed by atoms with Crippen molar-refractivity contribution in [3.63, 3.8) is 0 Å². The summed E-state index contributed by atoms with van der Waals surface area (Å²) < 4.78 is 5.15. The smallest absolute Gasteiger partial charge is 0.257 e. The van der Waals surface area contributed by atoms with Gasteiger partial charge in [0.05, 0.1) is 18.4 Å². The lowest BCUT2D eigenvalue weighted by Gasteiger charge is -2.35. The van der Waals surface area contributed by atoms with Crippen LogP contribution >= 0.6 is 0 Å². The molecule has 1 aromatic heterocycles. The molecule has 8 nitrogen and oxygen atoms in total. The van der Waals surface area contributed by atoms with Gasteiger partial charge in [-0.15, -0.1) is 0 Å². The van der Waals surface area contributed by atoms with E-state index in [1.807, 2.05) is 74.5 Å². The highest BCUT2D eigenvalue weighted by Gasteiger charge is 2.26. The van der Waals surface area contributed by atoms with Crippen molar-refractivity contribution >= 4 is 11.7 Å². The number of aryl methyl sites for hydroxylation is 1. The normalized spacial score (nSPS) is 16.5. The lowest BCUT2D eigenvalue weighted by Crippen LogP contribution is -2.50. The highest BCUT2D eigenvalue weighted by Crippen LogP contribution is 2.36. The van der Waals surface area contributed by atoms with Crippen molar-refractivity contribution in [2.75, 3.05) is 65.8 Å². The Bertz CT molecular complexity index is 1400. The van der Waals surface area contributed by atoms with E-state index < -0.39 is 0 Å². The second kappa shape index (κ2) is 15.0. The summed E-state index contributed by atoms with van der Waals surface area (Å²) in [4.78, 5) is 24.9. The number of benzene rings is 1. The SMILES string of the molecule is CO/C(C)=C/C=C\C=C\C1=CNc2ncc(-c3cc(C(=O)N4CCN(CCN(C)C)CC4)c(O)c(C(C)C)c3)cc2CC1. The van der Waals surface area contributed by atoms with Crippen molar-refractivity contribution in [1.82, 2.24) is 19.7 Å². The molecule has 2 aliphatic heterocycles. The molecular weight excluding hydrogens is 538 g/mol. The van der Waals surface area contributed by atoms with E-state index in [-0.39, 0.29) is 17.6 Å². The fourth-order valence-electron chi connectivity index (χ4n) is 5.25. The molecule has 43 heavy (non-hydrogen) atoms. The molecule has 2 aromatic rings. The summed E-state index contributed by atoms with van der Waals surface area (Å²) in [6.45, 7) is 11.0. The zero-order chi connectivity index (χ0) is 30.9. The summed E-state index contributed by atoms with van der Waals surface area (Å²) in [6.07, 6.45) is 15.6. The number of anilines is 1. The third-order valence-electron chi connectivity index (χ3n) is 8.08. The van der Waals surface area contributed by atoms with E-state index in [0.29, 0.717) is 18.7 Å². The number of allylic oxidation sites excluding steroid dienone is 7. The Hall–Kier alpha value is -3.88. The van der Waals surface area contributed by atoms with E-state index in [0.717, 1.165) is 72.9 Å². The molecule has 1 aromatic carbocycles. The van der Waals surface area contributed by atoms with Gasteiger partial charge < -0.3 is 25.0 Å². The van der Waals surface area contributed by atoms with Gasteiger partial charge in [-0.2, -0.15) is 0 Å². The van der Waals surface area contributed by atoms with E-state index >= 15 is 0 Å². The number of methoxy groups -OCH3 is 1. The molecule has 0 unspecified atom stereocenters. The fraction of sp³-hybridized carbons (Fsp3) is 0.429. The molecule has 2 aliphatic rings. The summed E-state index contributed by atoms with van der Waals surface area (Å²) in [7, 11) is 5.82. The van der Waals surface area contributed by atoms with Crippen LogP contribution in [0.5, 0.6) is 5.75 Å². The van der Waals surface area contributed by atoms with Gasteiger partial charge in [0.1, 0.15) is 11.6 Å². The molecule has 1 fully saturated rings. The summed E-state index contributed by atoms with van der Waals surface area (Å²) in [6, 6.07) is 6.00. The maximum atomic E-state index is 13.7. The predicted molar refractivity (Wildman–Crippen MR) is 175 cm³/mol. The molecule has 8 heteroatoms. The van der Waals surface area contributed by atoms with Crippen molar-refractivity contribution in [1.29, 1.82) is 0 Å². The van der Waals surface area contributed by atoms with Crippen molar-refractivity contribution in [3.05, 3.63) is 89.0 Å². The van der Waals surface area contributed by atoms with Gasteiger partial charge in [-0.1, -0.05) is 38.2 Å². The molecular formula is C35H47N5O3. The van der Waals surface area contributed by atoms with Crippen LogP contribution in [0.4, 0.5) is 5.82 Å². The second-order valence-corrected chi connectivity index (χ2v) is 11.9. The predicted octanol–water partition coefficient (Wildman–Crippen LogP) is 5.80. The van der Waals surface area contributed by atoms with Crippen LogP contribution in [0.2, 0.25) is 0 Å². The van der Waals surface area contributed by atoms with Crippen molar-refractivity contribution in [3.8, 4) is 16.9 Å². The molecule has 0 saturated carbocycles. The van der Waals surface area contributed by atoms with Crippen LogP contribution in [-0.2, 0) is 11.2 Å². The molecule has 0 aliphatic carbocycles. The lowest BCUT2D eigenvalue weighted by atomic mass is 9.92. The third-order valence-corrected chi connectivity index (χ3v) is 8.08. The number of hydrogen-bond acceptors (Lipinski definition) is 7. The summed E-state index contributed by atoms with van der Waals surface area (Å²) in [5, 5.41) is 14.6. The maximum Gasteiger partial charge on any atom is 0.257 e. The standard InChI is InChI=1S/C35H47N5O3/c1-25(2)31-21-29(22-32(33(31)41)35(42)40-18-16-39(17-19-40)15-14-38(4)5)30-20-28-13-12-27(23-36-34(28)37-24-30)11-9-7-8-10-26(3)43-6/h7-11,20-25,41H,12-19H2,1-6H3,(H,36,37)/b8-7-,11-9+,26-10+. The Morgan fingerprint density at radius 1 is 1.09 bits per heavy atom. The Morgan fingerprint density at radius 3 is 2.56 bits per heavy atom. The monoisotopic (exact) mass is 585 g/mol. The van der Waals surface area contributed by atoms with Gasteiger partial charge in [0.15, 0.2) is 0 Å². The largest absolute Gasteiger partial charge is 0.507 e. The molecule has 0 radical (unpaired) electrons. The van der Waals surface area contributed by atoms with Gasteiger partial charge in [0.2, 0.25) is 0 Å². The van der Waals surface area contributed by atoms with Crippen LogP contribution in [0.25, 0.3) is 11.1 Å². The van der Waals surface area contributed by atoms with E-state index in [2.05, 4.69) is 41.4 Å². The van der Waals surface area contributed by atoms with E-state index in [1.165, 1.54) is 5.57 Å². The molecule has 230 valence electrons.